The van der Waals surface area contributed by atoms with E-state index in [9.17, 15) is 4.79 Å². The number of hydrogen-bond acceptors (Lipinski definition) is 4. The monoisotopic (exact) mass is 234 g/mol. The molecule has 92 valence electrons. The summed E-state index contributed by atoms with van der Waals surface area (Å²) >= 11 is 0. The summed E-state index contributed by atoms with van der Waals surface area (Å²) in [5, 5.41) is 1.72. The van der Waals surface area contributed by atoms with Crippen LogP contribution < -0.4 is 5.73 Å². The summed E-state index contributed by atoms with van der Waals surface area (Å²) in [6.45, 7) is 1.68. The van der Waals surface area contributed by atoms with Crippen LogP contribution in [0.2, 0.25) is 0 Å². The second-order valence-corrected chi connectivity index (χ2v) is 4.32. The first kappa shape index (κ1) is 12.1. The summed E-state index contributed by atoms with van der Waals surface area (Å²) in [6.07, 6.45) is 2.41. The lowest BCUT2D eigenvalue weighted by molar-refractivity contribution is -0.185. The molecule has 0 radical (unpaired) electrons. The van der Waals surface area contributed by atoms with Crippen molar-refractivity contribution < 1.29 is 9.63 Å². The van der Waals surface area contributed by atoms with Crippen molar-refractivity contribution in [2.24, 2.45) is 5.73 Å². The highest BCUT2D eigenvalue weighted by atomic mass is 16.7. The van der Waals surface area contributed by atoms with Gasteiger partial charge in [-0.2, -0.15) is 0 Å². The van der Waals surface area contributed by atoms with Crippen LogP contribution in [-0.2, 0) is 9.63 Å². The fourth-order valence-corrected chi connectivity index (χ4v) is 1.96. The number of nitrogens with two attached hydrogens (primary N) is 1. The van der Waals surface area contributed by atoms with E-state index in [0.717, 1.165) is 31.5 Å². The number of nitrogens with zero attached hydrogens (tertiary/aromatic N) is 1. The first-order valence-electron chi connectivity index (χ1n) is 6.02. The Morgan fingerprint density at radius 3 is 2.59 bits per heavy atom. The van der Waals surface area contributed by atoms with Crippen LogP contribution in [0.1, 0.15) is 30.9 Å². The molecule has 1 aliphatic rings. The largest absolute Gasteiger partial charge is 0.368 e. The summed E-state index contributed by atoms with van der Waals surface area (Å²) in [5.74, 6) is -0.247. The third-order valence-corrected chi connectivity index (χ3v) is 2.91. The molecule has 4 nitrogen and oxygen atoms in total. The maximum absolute atomic E-state index is 11.6. The Kier molecular flexibility index (Phi) is 4.12. The molecule has 0 saturated carbocycles. The Morgan fingerprint density at radius 2 is 1.94 bits per heavy atom. The topological polar surface area (TPSA) is 55.6 Å². The number of carbonyl (C=O) groups is 1. The van der Waals surface area contributed by atoms with E-state index in [1.807, 2.05) is 30.3 Å². The molecule has 1 unspecified atom stereocenters. The van der Waals surface area contributed by atoms with Crippen molar-refractivity contribution in [1.29, 1.82) is 0 Å². The minimum atomic E-state index is -0.286. The molecule has 1 aromatic rings. The zero-order chi connectivity index (χ0) is 12.1. The minimum Gasteiger partial charge on any atom is -0.368 e. The van der Waals surface area contributed by atoms with Crippen LogP contribution in [-0.4, -0.2) is 24.1 Å². The molecule has 0 amide bonds. The minimum absolute atomic E-state index is 0.223. The van der Waals surface area contributed by atoms with Gasteiger partial charge in [0.2, 0.25) is 0 Å². The van der Waals surface area contributed by atoms with Gasteiger partial charge >= 0.3 is 5.97 Å². The van der Waals surface area contributed by atoms with E-state index in [4.69, 9.17) is 10.6 Å². The van der Waals surface area contributed by atoms with Gasteiger partial charge in [-0.05, 0) is 18.4 Å². The summed E-state index contributed by atoms with van der Waals surface area (Å²) in [5.41, 5.74) is 6.91. The maximum Gasteiger partial charge on any atom is 0.326 e. The van der Waals surface area contributed by atoms with Gasteiger partial charge in [-0.15, -0.1) is 5.06 Å². The number of carbonyl (C=O) groups excluding carboxylic acids is 1. The lowest BCUT2D eigenvalue weighted by atomic mass is 10.1. The van der Waals surface area contributed by atoms with Crippen molar-refractivity contribution in [3.8, 4) is 0 Å². The molecule has 0 spiro atoms. The van der Waals surface area contributed by atoms with E-state index in [0.29, 0.717) is 0 Å². The van der Waals surface area contributed by atoms with Gasteiger partial charge in [-0.3, -0.25) is 4.79 Å². The average Bonchev–Trinajstić information content (AvgIpc) is 2.82. The second-order valence-electron chi connectivity index (χ2n) is 4.32. The summed E-state index contributed by atoms with van der Waals surface area (Å²) in [6, 6.07) is 9.33. The standard InChI is InChI=1S/C13H18N2O2/c14-12(11-6-2-1-3-7-11)10-13(16)17-15-8-4-5-9-15/h1-3,6-7,12H,4-5,8-10,14H2. The van der Waals surface area contributed by atoms with Crippen LogP contribution in [0.4, 0.5) is 0 Å². The SMILES string of the molecule is NC(CC(=O)ON1CCCC1)c1ccccc1. The molecule has 17 heavy (non-hydrogen) atoms. The molecule has 1 saturated heterocycles. The zero-order valence-corrected chi connectivity index (χ0v) is 9.84. The molecule has 1 atom stereocenters. The van der Waals surface area contributed by atoms with E-state index in [-0.39, 0.29) is 18.4 Å². The molecule has 1 aliphatic heterocycles. The molecule has 4 heteroatoms. The lowest BCUT2D eigenvalue weighted by Gasteiger charge is -2.16. The van der Waals surface area contributed by atoms with E-state index >= 15 is 0 Å². The third-order valence-electron chi connectivity index (χ3n) is 2.91. The molecule has 0 aliphatic carbocycles. The van der Waals surface area contributed by atoms with Crippen molar-refractivity contribution >= 4 is 5.97 Å². The van der Waals surface area contributed by atoms with Gasteiger partial charge in [-0.25, -0.2) is 0 Å². The number of benzene rings is 1. The summed E-state index contributed by atoms with van der Waals surface area (Å²) in [4.78, 5) is 16.9. The molecule has 0 aromatic heterocycles. The fourth-order valence-electron chi connectivity index (χ4n) is 1.96. The summed E-state index contributed by atoms with van der Waals surface area (Å²) in [7, 11) is 0. The van der Waals surface area contributed by atoms with Crippen LogP contribution in [0, 0.1) is 0 Å². The van der Waals surface area contributed by atoms with Gasteiger partial charge in [0, 0.05) is 19.1 Å². The molecular formula is C13H18N2O2. The predicted octanol–water partition coefficient (Wildman–Crippen LogP) is 1.63. The first-order chi connectivity index (χ1) is 8.25. The highest BCUT2D eigenvalue weighted by molar-refractivity contribution is 5.70. The van der Waals surface area contributed by atoms with E-state index in [1.54, 1.807) is 5.06 Å². The molecular weight excluding hydrogens is 216 g/mol. The molecule has 2 N–H and O–H groups in total. The quantitative estimate of drug-likeness (QED) is 0.860. The van der Waals surface area contributed by atoms with Crippen LogP contribution in [0.5, 0.6) is 0 Å². The maximum atomic E-state index is 11.6. The highest BCUT2D eigenvalue weighted by Gasteiger charge is 2.18. The van der Waals surface area contributed by atoms with Gasteiger partial charge in [0.15, 0.2) is 0 Å². The van der Waals surface area contributed by atoms with Crippen LogP contribution in [0.15, 0.2) is 30.3 Å². The van der Waals surface area contributed by atoms with Crippen molar-refractivity contribution in [2.75, 3.05) is 13.1 Å². The Hall–Kier alpha value is -1.39. The van der Waals surface area contributed by atoms with Crippen molar-refractivity contribution in [3.63, 3.8) is 0 Å². The molecule has 1 fully saturated rings. The van der Waals surface area contributed by atoms with E-state index in [1.165, 1.54) is 0 Å². The van der Waals surface area contributed by atoms with Crippen molar-refractivity contribution in [1.82, 2.24) is 5.06 Å². The van der Waals surface area contributed by atoms with Gasteiger partial charge in [0.25, 0.3) is 0 Å². The Morgan fingerprint density at radius 1 is 1.29 bits per heavy atom. The zero-order valence-electron chi connectivity index (χ0n) is 9.84. The van der Waals surface area contributed by atoms with E-state index < -0.39 is 0 Å². The van der Waals surface area contributed by atoms with Gasteiger partial charge in [0.05, 0.1) is 6.42 Å². The van der Waals surface area contributed by atoms with Gasteiger partial charge < -0.3 is 10.6 Å². The first-order valence-corrected chi connectivity index (χ1v) is 6.02. The lowest BCUT2D eigenvalue weighted by Crippen LogP contribution is -2.26. The number of hydroxylamine groups is 2. The van der Waals surface area contributed by atoms with Gasteiger partial charge in [0.1, 0.15) is 0 Å². The summed E-state index contributed by atoms with van der Waals surface area (Å²) < 4.78 is 0. The third kappa shape index (κ3) is 3.54. The van der Waals surface area contributed by atoms with Crippen LogP contribution >= 0.6 is 0 Å². The van der Waals surface area contributed by atoms with E-state index in [2.05, 4.69) is 0 Å². The smallest absolute Gasteiger partial charge is 0.326 e. The fraction of sp³-hybridized carbons (Fsp3) is 0.462. The Balaban J connectivity index is 1.81. The number of rotatable bonds is 4. The highest BCUT2D eigenvalue weighted by Crippen LogP contribution is 2.15. The average molecular weight is 234 g/mol. The van der Waals surface area contributed by atoms with Crippen LogP contribution in [0.25, 0.3) is 0 Å². The Labute approximate surface area is 101 Å². The Bertz CT molecular complexity index is 361. The molecule has 1 aromatic carbocycles. The molecule has 2 rings (SSSR count). The second kappa shape index (κ2) is 5.80. The molecule has 0 bridgehead atoms. The number of hydrogen-bond donors (Lipinski definition) is 1. The molecule has 1 heterocycles. The normalized spacial score (nSPS) is 17.9. The van der Waals surface area contributed by atoms with Crippen molar-refractivity contribution in [2.45, 2.75) is 25.3 Å². The predicted molar refractivity (Wildman–Crippen MR) is 64.9 cm³/mol. The van der Waals surface area contributed by atoms with Crippen LogP contribution in [0.3, 0.4) is 0 Å². The van der Waals surface area contributed by atoms with Gasteiger partial charge in [-0.1, -0.05) is 30.3 Å². The van der Waals surface area contributed by atoms with Crippen molar-refractivity contribution in [3.05, 3.63) is 35.9 Å².